The van der Waals surface area contributed by atoms with Crippen molar-refractivity contribution >= 4 is 66.6 Å². The lowest BCUT2D eigenvalue weighted by Gasteiger charge is -2.22. The Morgan fingerprint density at radius 1 is 0.842 bits per heavy atom. The summed E-state index contributed by atoms with van der Waals surface area (Å²) in [6.45, 7) is 2.48. The van der Waals surface area contributed by atoms with E-state index in [1.165, 1.54) is 12.1 Å². The molecule has 0 bridgehead atoms. The Morgan fingerprint density at radius 2 is 1.55 bits per heavy atom. The van der Waals surface area contributed by atoms with Gasteiger partial charge in [-0.1, -0.05) is 65.7 Å². The predicted octanol–water partition coefficient (Wildman–Crippen LogP) is 6.95. The maximum absolute atomic E-state index is 13.5. The second-order valence-electron chi connectivity index (χ2n) is 8.88. The smallest absolute Gasteiger partial charge is 0.243 e. The fourth-order valence-corrected chi connectivity index (χ4v) is 6.37. The molecular weight excluding hydrogens is 541 g/mol. The van der Waals surface area contributed by atoms with E-state index in [0.717, 1.165) is 32.7 Å². The van der Waals surface area contributed by atoms with Crippen LogP contribution in [0.15, 0.2) is 95.9 Å². The van der Waals surface area contributed by atoms with Crippen LogP contribution in [0.25, 0.3) is 21.8 Å². The number of nitrogens with zero attached hydrogens (tertiary/aromatic N) is 2. The normalized spacial score (nSPS) is 11.9. The number of fused-ring (bicyclic) bond motifs is 3. The van der Waals surface area contributed by atoms with Crippen molar-refractivity contribution in [3.05, 3.63) is 107 Å². The second-order valence-corrected chi connectivity index (χ2v) is 11.6. The third-order valence-corrected chi connectivity index (χ3v) is 8.96. The monoisotopic (exact) mass is 565 g/mol. The molecule has 0 spiro atoms. The zero-order valence-electron chi connectivity index (χ0n) is 20.6. The molecule has 194 valence electrons. The van der Waals surface area contributed by atoms with Crippen molar-refractivity contribution in [2.75, 3.05) is 11.9 Å². The van der Waals surface area contributed by atoms with Crippen LogP contribution in [0.4, 0.5) is 5.69 Å². The molecule has 0 saturated carbocycles. The standard InChI is InChI=1S/C29H25Cl2N3O3S/c1-2-34-27-11-7-6-10-23(27)24-17-21(13-15-28(24)34)32-29(35)19-33(18-20-12-14-25(30)26(31)16-20)38(36,37)22-8-4-3-5-9-22/h3-17H,2,18-19H2,1H3,(H,32,35). The van der Waals surface area contributed by atoms with Crippen molar-refractivity contribution in [2.45, 2.75) is 24.9 Å². The van der Waals surface area contributed by atoms with Crippen molar-refractivity contribution in [1.29, 1.82) is 0 Å². The van der Waals surface area contributed by atoms with Gasteiger partial charge in [-0.2, -0.15) is 4.31 Å². The van der Waals surface area contributed by atoms with E-state index >= 15 is 0 Å². The first-order valence-electron chi connectivity index (χ1n) is 12.1. The highest BCUT2D eigenvalue weighted by Crippen LogP contribution is 2.31. The summed E-state index contributed by atoms with van der Waals surface area (Å²) in [5.74, 6) is -0.455. The van der Waals surface area contributed by atoms with Gasteiger partial charge in [0.2, 0.25) is 15.9 Å². The van der Waals surface area contributed by atoms with E-state index in [4.69, 9.17) is 23.2 Å². The summed E-state index contributed by atoms with van der Waals surface area (Å²) in [5, 5.41) is 5.67. The fourth-order valence-electron chi connectivity index (χ4n) is 4.64. The van der Waals surface area contributed by atoms with Gasteiger partial charge in [0.1, 0.15) is 0 Å². The molecule has 1 aromatic heterocycles. The number of carbonyl (C=O) groups excluding carboxylic acids is 1. The maximum atomic E-state index is 13.5. The fraction of sp³-hybridized carbons (Fsp3) is 0.138. The molecule has 5 rings (SSSR count). The van der Waals surface area contributed by atoms with Gasteiger partial charge in [0, 0.05) is 40.6 Å². The molecule has 0 radical (unpaired) electrons. The molecule has 1 amide bonds. The number of sulfonamides is 1. The third kappa shape index (κ3) is 5.15. The zero-order chi connectivity index (χ0) is 26.9. The Balaban J connectivity index is 1.44. The molecule has 1 N–H and O–H groups in total. The summed E-state index contributed by atoms with van der Waals surface area (Å²) in [6.07, 6.45) is 0. The summed E-state index contributed by atoms with van der Waals surface area (Å²) in [7, 11) is -3.98. The van der Waals surface area contributed by atoms with E-state index in [9.17, 15) is 13.2 Å². The highest BCUT2D eigenvalue weighted by atomic mass is 35.5. The molecule has 0 unspecified atom stereocenters. The van der Waals surface area contributed by atoms with Gasteiger partial charge in [-0.05, 0) is 61.0 Å². The van der Waals surface area contributed by atoms with Crippen LogP contribution in [0, 0.1) is 0 Å². The SMILES string of the molecule is CCn1c2ccccc2c2cc(NC(=O)CN(Cc3ccc(Cl)c(Cl)c3)S(=O)(=O)c3ccccc3)ccc21. The Morgan fingerprint density at radius 3 is 2.29 bits per heavy atom. The molecule has 0 fully saturated rings. The van der Waals surface area contributed by atoms with Gasteiger partial charge in [-0.3, -0.25) is 4.79 Å². The Bertz CT molecular complexity index is 1750. The van der Waals surface area contributed by atoms with Crippen LogP contribution >= 0.6 is 23.2 Å². The van der Waals surface area contributed by atoms with Crippen molar-refractivity contribution in [3.8, 4) is 0 Å². The number of halogens is 2. The number of benzene rings is 4. The summed E-state index contributed by atoms with van der Waals surface area (Å²) in [4.78, 5) is 13.3. The third-order valence-electron chi connectivity index (χ3n) is 6.42. The van der Waals surface area contributed by atoms with Gasteiger partial charge in [0.15, 0.2) is 0 Å². The number of hydrogen-bond donors (Lipinski definition) is 1. The number of rotatable bonds is 8. The van der Waals surface area contributed by atoms with E-state index < -0.39 is 15.9 Å². The highest BCUT2D eigenvalue weighted by molar-refractivity contribution is 7.89. The number of para-hydroxylation sites is 1. The Labute approximate surface area is 231 Å². The van der Waals surface area contributed by atoms with Gasteiger partial charge in [0.05, 0.1) is 21.5 Å². The van der Waals surface area contributed by atoms with Crippen LogP contribution in [0.3, 0.4) is 0 Å². The lowest BCUT2D eigenvalue weighted by Crippen LogP contribution is -2.37. The van der Waals surface area contributed by atoms with Crippen molar-refractivity contribution < 1.29 is 13.2 Å². The molecule has 0 aliphatic rings. The largest absolute Gasteiger partial charge is 0.341 e. The van der Waals surface area contributed by atoms with E-state index in [1.807, 2.05) is 30.3 Å². The number of hydrogen-bond acceptors (Lipinski definition) is 3. The summed E-state index contributed by atoms with van der Waals surface area (Å²) in [6, 6.07) is 26.8. The van der Waals surface area contributed by atoms with Crippen LogP contribution < -0.4 is 5.32 Å². The minimum Gasteiger partial charge on any atom is -0.341 e. The van der Waals surface area contributed by atoms with Crippen molar-refractivity contribution in [1.82, 2.24) is 8.87 Å². The lowest BCUT2D eigenvalue weighted by molar-refractivity contribution is -0.116. The van der Waals surface area contributed by atoms with Crippen LogP contribution in [0.1, 0.15) is 12.5 Å². The highest BCUT2D eigenvalue weighted by Gasteiger charge is 2.27. The van der Waals surface area contributed by atoms with Crippen molar-refractivity contribution in [3.63, 3.8) is 0 Å². The molecule has 0 aliphatic heterocycles. The Kier molecular flexibility index (Phi) is 7.45. The number of aromatic nitrogens is 1. The van der Waals surface area contributed by atoms with Gasteiger partial charge in [0.25, 0.3) is 0 Å². The topological polar surface area (TPSA) is 71.4 Å². The first-order valence-corrected chi connectivity index (χ1v) is 14.3. The molecule has 5 aromatic rings. The molecule has 38 heavy (non-hydrogen) atoms. The van der Waals surface area contributed by atoms with Crippen LogP contribution in [0.2, 0.25) is 10.0 Å². The molecule has 4 aromatic carbocycles. The number of nitrogens with one attached hydrogen (secondary N) is 1. The molecule has 0 atom stereocenters. The Hall–Kier alpha value is -3.36. The van der Waals surface area contributed by atoms with Crippen LogP contribution in [0.5, 0.6) is 0 Å². The maximum Gasteiger partial charge on any atom is 0.243 e. The van der Waals surface area contributed by atoms with Crippen LogP contribution in [-0.4, -0.2) is 29.7 Å². The van der Waals surface area contributed by atoms with Gasteiger partial charge >= 0.3 is 0 Å². The number of amides is 1. The molecular formula is C29H25Cl2N3O3S. The molecule has 9 heteroatoms. The molecule has 6 nitrogen and oxygen atoms in total. The van der Waals surface area contributed by atoms with Gasteiger partial charge < -0.3 is 9.88 Å². The number of aryl methyl sites for hydroxylation is 1. The quantitative estimate of drug-likeness (QED) is 0.221. The van der Waals surface area contributed by atoms with E-state index in [-0.39, 0.29) is 18.0 Å². The summed E-state index contributed by atoms with van der Waals surface area (Å²) in [5.41, 5.74) is 3.39. The van der Waals surface area contributed by atoms with E-state index in [1.54, 1.807) is 36.4 Å². The molecule has 0 aliphatic carbocycles. The summed E-state index contributed by atoms with van der Waals surface area (Å²) >= 11 is 12.2. The number of anilines is 1. The van der Waals surface area contributed by atoms with E-state index in [0.29, 0.717) is 21.3 Å². The average molecular weight is 567 g/mol. The lowest BCUT2D eigenvalue weighted by atomic mass is 10.1. The van der Waals surface area contributed by atoms with E-state index in [2.05, 4.69) is 28.9 Å². The van der Waals surface area contributed by atoms with Crippen LogP contribution in [-0.2, 0) is 27.9 Å². The van der Waals surface area contributed by atoms with Gasteiger partial charge in [-0.25, -0.2) is 8.42 Å². The minimum atomic E-state index is -3.98. The zero-order valence-corrected chi connectivity index (χ0v) is 22.9. The number of carbonyl (C=O) groups is 1. The molecule has 0 saturated heterocycles. The predicted molar refractivity (Wildman–Crippen MR) is 154 cm³/mol. The average Bonchev–Trinajstić information content (AvgIpc) is 3.23. The summed E-state index contributed by atoms with van der Waals surface area (Å²) < 4.78 is 30.4. The van der Waals surface area contributed by atoms with Crippen molar-refractivity contribution in [2.24, 2.45) is 0 Å². The first kappa shape index (κ1) is 26.3. The molecule has 1 heterocycles. The first-order chi connectivity index (χ1) is 18.3. The second kappa shape index (κ2) is 10.8. The van der Waals surface area contributed by atoms with Gasteiger partial charge in [-0.15, -0.1) is 0 Å². The minimum absolute atomic E-state index is 0.0510.